The van der Waals surface area contributed by atoms with Crippen molar-refractivity contribution in [3.63, 3.8) is 0 Å². The average Bonchev–Trinajstić information content (AvgIpc) is 2.96. The van der Waals surface area contributed by atoms with Crippen LogP contribution in [0.5, 0.6) is 5.75 Å². The number of aliphatic hydroxyl groups excluding tert-OH is 1. The number of thiophene rings is 1. The summed E-state index contributed by atoms with van der Waals surface area (Å²) in [7, 11) is 1.61. The van der Waals surface area contributed by atoms with Gasteiger partial charge >= 0.3 is 0 Å². The molecule has 5 heteroatoms. The first-order valence-electron chi connectivity index (χ1n) is 5.09. The number of ether oxygens (including phenoxy) is 1. The van der Waals surface area contributed by atoms with Gasteiger partial charge in [-0.05, 0) is 24.4 Å². The predicted octanol–water partition coefficient (Wildman–Crippen LogP) is 2.05. The quantitative estimate of drug-likeness (QED) is 0.886. The van der Waals surface area contributed by atoms with Crippen molar-refractivity contribution in [2.45, 2.75) is 19.6 Å². The smallest absolute Gasteiger partial charge is 0.135 e. The highest BCUT2D eigenvalue weighted by atomic mass is 32.1. The van der Waals surface area contributed by atoms with Crippen LogP contribution in [0, 0.1) is 0 Å². The Kier molecular flexibility index (Phi) is 3.26. The highest BCUT2D eigenvalue weighted by molar-refractivity contribution is 7.10. The van der Waals surface area contributed by atoms with Crippen molar-refractivity contribution in [2.75, 3.05) is 7.11 Å². The van der Waals surface area contributed by atoms with Gasteiger partial charge in [-0.3, -0.25) is 4.68 Å². The number of hydrogen-bond donors (Lipinski definition) is 1. The van der Waals surface area contributed by atoms with E-state index >= 15 is 0 Å². The van der Waals surface area contributed by atoms with Gasteiger partial charge < -0.3 is 9.84 Å². The first kappa shape index (κ1) is 11.2. The van der Waals surface area contributed by atoms with Crippen molar-refractivity contribution < 1.29 is 9.84 Å². The molecule has 0 aliphatic carbocycles. The van der Waals surface area contributed by atoms with Gasteiger partial charge in [0.15, 0.2) is 0 Å². The normalized spacial score (nSPS) is 12.7. The molecule has 16 heavy (non-hydrogen) atoms. The molecule has 0 amide bonds. The molecule has 1 atom stereocenters. The van der Waals surface area contributed by atoms with Crippen molar-refractivity contribution in [3.8, 4) is 5.75 Å². The highest BCUT2D eigenvalue weighted by Gasteiger charge is 2.19. The number of hydrogen-bond acceptors (Lipinski definition) is 4. The van der Waals surface area contributed by atoms with Crippen LogP contribution in [0.2, 0.25) is 0 Å². The minimum absolute atomic E-state index is 0.669. The lowest BCUT2D eigenvalue weighted by molar-refractivity contribution is 0.207. The van der Waals surface area contributed by atoms with E-state index in [-0.39, 0.29) is 0 Å². The van der Waals surface area contributed by atoms with Crippen molar-refractivity contribution in [1.29, 1.82) is 0 Å². The van der Waals surface area contributed by atoms with Crippen LogP contribution in [0.25, 0.3) is 0 Å². The lowest BCUT2D eigenvalue weighted by Crippen LogP contribution is -2.08. The topological polar surface area (TPSA) is 47.3 Å². The zero-order chi connectivity index (χ0) is 11.5. The summed E-state index contributed by atoms with van der Waals surface area (Å²) in [4.78, 5) is 0.817. The third kappa shape index (κ3) is 1.83. The van der Waals surface area contributed by atoms with Crippen LogP contribution in [-0.4, -0.2) is 22.0 Å². The van der Waals surface area contributed by atoms with Crippen LogP contribution < -0.4 is 4.74 Å². The fourth-order valence-corrected chi connectivity index (χ4v) is 2.51. The molecule has 2 rings (SSSR count). The number of aromatic nitrogens is 2. The summed E-state index contributed by atoms with van der Waals surface area (Å²) in [5, 5.41) is 16.3. The molecular weight excluding hydrogens is 224 g/mol. The lowest BCUT2D eigenvalue weighted by Gasteiger charge is -2.12. The van der Waals surface area contributed by atoms with Gasteiger partial charge in [0.25, 0.3) is 0 Å². The summed E-state index contributed by atoms with van der Waals surface area (Å²) in [5.41, 5.74) is 0.795. The first-order valence-corrected chi connectivity index (χ1v) is 5.97. The van der Waals surface area contributed by atoms with Gasteiger partial charge in [-0.1, -0.05) is 0 Å². The molecule has 0 radical (unpaired) electrons. The Morgan fingerprint density at radius 2 is 2.38 bits per heavy atom. The second-order valence-corrected chi connectivity index (χ2v) is 4.28. The van der Waals surface area contributed by atoms with Crippen molar-refractivity contribution >= 4 is 11.3 Å². The fraction of sp³-hybridized carbons (Fsp3) is 0.364. The lowest BCUT2D eigenvalue weighted by atomic mass is 10.2. The predicted molar refractivity (Wildman–Crippen MR) is 62.8 cm³/mol. The Bertz CT molecular complexity index is 422. The molecule has 0 saturated carbocycles. The molecule has 0 aliphatic heterocycles. The Hall–Kier alpha value is -1.33. The van der Waals surface area contributed by atoms with Crippen molar-refractivity contribution in [2.24, 2.45) is 0 Å². The van der Waals surface area contributed by atoms with E-state index in [1.807, 2.05) is 24.4 Å². The third-order valence-corrected chi connectivity index (χ3v) is 3.41. The fourth-order valence-electron chi connectivity index (χ4n) is 1.65. The zero-order valence-electron chi connectivity index (χ0n) is 9.25. The summed E-state index contributed by atoms with van der Waals surface area (Å²) in [6.45, 7) is 2.74. The van der Waals surface area contributed by atoms with Gasteiger partial charge in [-0.15, -0.1) is 11.3 Å². The number of methoxy groups -OCH3 is 1. The summed E-state index contributed by atoms with van der Waals surface area (Å²) < 4.78 is 6.98. The molecule has 4 nitrogen and oxygen atoms in total. The third-order valence-electron chi connectivity index (χ3n) is 2.45. The maximum absolute atomic E-state index is 10.3. The Labute approximate surface area is 98.1 Å². The van der Waals surface area contributed by atoms with E-state index < -0.39 is 6.10 Å². The summed E-state index contributed by atoms with van der Waals surface area (Å²) in [5.74, 6) is 0.723. The second-order valence-electron chi connectivity index (χ2n) is 3.33. The Balaban J connectivity index is 2.35. The van der Waals surface area contributed by atoms with Gasteiger partial charge in [0, 0.05) is 12.7 Å². The molecule has 0 aromatic carbocycles. The minimum Gasteiger partial charge on any atom is -0.495 e. The molecule has 0 bridgehead atoms. The van der Waals surface area contributed by atoms with E-state index in [2.05, 4.69) is 5.10 Å². The molecule has 0 aliphatic rings. The van der Waals surface area contributed by atoms with Gasteiger partial charge in [0.1, 0.15) is 11.9 Å². The summed E-state index contributed by atoms with van der Waals surface area (Å²) in [6, 6.07) is 3.68. The van der Waals surface area contributed by atoms with Gasteiger partial charge in [-0.2, -0.15) is 5.10 Å². The highest BCUT2D eigenvalue weighted by Crippen LogP contribution is 2.34. The maximum Gasteiger partial charge on any atom is 0.135 e. The number of nitrogens with zero attached hydrogens (tertiary/aromatic N) is 2. The van der Waals surface area contributed by atoms with E-state index in [0.29, 0.717) is 0 Å². The molecule has 2 aromatic heterocycles. The number of aryl methyl sites for hydroxylation is 1. The molecule has 1 N–H and O–H groups in total. The molecule has 2 aromatic rings. The standard InChI is InChI=1S/C11H14N2O2S/c1-3-13-8(4-6-12-13)10(14)11-9(15-2)5-7-16-11/h4-7,10,14H,3H2,1-2H3. The van der Waals surface area contributed by atoms with Crippen LogP contribution in [-0.2, 0) is 6.54 Å². The Morgan fingerprint density at radius 3 is 3.06 bits per heavy atom. The molecule has 86 valence electrons. The second kappa shape index (κ2) is 4.67. The van der Waals surface area contributed by atoms with Crippen LogP contribution in [0.4, 0.5) is 0 Å². The number of rotatable bonds is 4. The van der Waals surface area contributed by atoms with Gasteiger partial charge in [0.2, 0.25) is 0 Å². The van der Waals surface area contributed by atoms with Crippen molar-refractivity contribution in [1.82, 2.24) is 9.78 Å². The summed E-state index contributed by atoms with van der Waals surface area (Å²) >= 11 is 1.48. The maximum atomic E-state index is 10.3. The molecule has 0 spiro atoms. The Morgan fingerprint density at radius 1 is 1.56 bits per heavy atom. The van der Waals surface area contributed by atoms with E-state index in [0.717, 1.165) is 22.9 Å². The van der Waals surface area contributed by atoms with Gasteiger partial charge in [0.05, 0.1) is 17.7 Å². The molecule has 2 heterocycles. The van der Waals surface area contributed by atoms with Crippen LogP contribution in [0.1, 0.15) is 23.6 Å². The largest absolute Gasteiger partial charge is 0.495 e. The average molecular weight is 238 g/mol. The monoisotopic (exact) mass is 238 g/mol. The van der Waals surface area contributed by atoms with E-state index in [1.165, 1.54) is 11.3 Å². The minimum atomic E-state index is -0.669. The van der Waals surface area contributed by atoms with Crippen LogP contribution in [0.3, 0.4) is 0 Å². The van der Waals surface area contributed by atoms with E-state index in [9.17, 15) is 5.11 Å². The molecule has 0 saturated heterocycles. The molecule has 0 fully saturated rings. The first-order chi connectivity index (χ1) is 7.77. The molecule has 1 unspecified atom stereocenters. The summed E-state index contributed by atoms with van der Waals surface area (Å²) in [6.07, 6.45) is 1.03. The van der Waals surface area contributed by atoms with Crippen molar-refractivity contribution in [3.05, 3.63) is 34.3 Å². The number of aliphatic hydroxyl groups is 1. The van der Waals surface area contributed by atoms with Crippen LogP contribution >= 0.6 is 11.3 Å². The van der Waals surface area contributed by atoms with Gasteiger partial charge in [-0.25, -0.2) is 0 Å². The van der Waals surface area contributed by atoms with E-state index in [1.54, 1.807) is 18.0 Å². The SMILES string of the molecule is CCn1nccc1C(O)c1sccc1OC. The molecular formula is C11H14N2O2S. The zero-order valence-corrected chi connectivity index (χ0v) is 10.1. The van der Waals surface area contributed by atoms with E-state index in [4.69, 9.17) is 4.74 Å². The van der Waals surface area contributed by atoms with Crippen LogP contribution in [0.15, 0.2) is 23.7 Å².